The summed E-state index contributed by atoms with van der Waals surface area (Å²) in [6.45, 7) is 10.0. The fourth-order valence-corrected chi connectivity index (χ4v) is 6.65. The van der Waals surface area contributed by atoms with E-state index in [0.29, 0.717) is 0 Å². The molecule has 0 aromatic carbocycles. The summed E-state index contributed by atoms with van der Waals surface area (Å²) < 4.78 is 171. The van der Waals surface area contributed by atoms with Crippen LogP contribution in [0, 0.1) is 0 Å². The minimum Gasteiger partial charge on any atom is -0.200 e. The van der Waals surface area contributed by atoms with Crippen molar-refractivity contribution in [3.05, 3.63) is 38.0 Å². The van der Waals surface area contributed by atoms with Crippen LogP contribution in [-0.4, -0.2) is 43.9 Å². The maximum absolute atomic E-state index is 14.0. The molecule has 0 bridgehead atoms. The average molecular weight is 498 g/mol. The standard InChI is InChI=1S/C17H19F13Si/c1-4-8-31(9-5-2,10-6-3)11-7-12(18,19)13(20,21)14(22,23)15(24,25)16(26,27)17(28,29)30/h4-6H,1-3,7-11H2. The zero-order valence-corrected chi connectivity index (χ0v) is 16.8. The molecule has 0 aliphatic rings. The highest BCUT2D eigenvalue weighted by atomic mass is 28.3. The predicted molar refractivity (Wildman–Crippen MR) is 91.0 cm³/mol. The molecule has 0 saturated heterocycles. The SMILES string of the molecule is C=CC[Si](CC=C)(CC=C)CCC(F)(F)C(F)(F)C(F)(F)C(F)(F)C(F)(F)C(F)(F)F. The van der Waals surface area contributed by atoms with Crippen LogP contribution in [0.2, 0.25) is 24.2 Å². The lowest BCUT2D eigenvalue weighted by Crippen LogP contribution is -2.70. The highest BCUT2D eigenvalue weighted by Crippen LogP contribution is 2.61. The Morgan fingerprint density at radius 1 is 0.516 bits per heavy atom. The van der Waals surface area contributed by atoms with Gasteiger partial charge in [-0.25, -0.2) is 0 Å². The van der Waals surface area contributed by atoms with Gasteiger partial charge in [-0.15, -0.1) is 19.7 Å². The van der Waals surface area contributed by atoms with Gasteiger partial charge in [-0.2, -0.15) is 57.1 Å². The van der Waals surface area contributed by atoms with Crippen molar-refractivity contribution in [1.29, 1.82) is 0 Å². The molecule has 0 saturated carbocycles. The van der Waals surface area contributed by atoms with Crippen molar-refractivity contribution in [2.24, 2.45) is 0 Å². The molecule has 0 aromatic heterocycles. The van der Waals surface area contributed by atoms with Crippen molar-refractivity contribution in [1.82, 2.24) is 0 Å². The third-order valence-electron chi connectivity index (χ3n) is 4.70. The first-order valence-electron chi connectivity index (χ1n) is 8.42. The maximum Gasteiger partial charge on any atom is 0.460 e. The molecule has 0 atom stereocenters. The van der Waals surface area contributed by atoms with E-state index in [2.05, 4.69) is 19.7 Å². The maximum atomic E-state index is 14.0. The molecule has 0 radical (unpaired) electrons. The van der Waals surface area contributed by atoms with Crippen molar-refractivity contribution >= 4 is 8.07 Å². The molecule has 0 amide bonds. The number of alkyl halides is 13. The second-order valence-electron chi connectivity index (χ2n) is 6.98. The minimum absolute atomic E-state index is 0.0224. The molecule has 0 rings (SSSR count). The molecule has 182 valence electrons. The van der Waals surface area contributed by atoms with Gasteiger partial charge in [0.2, 0.25) is 0 Å². The molecule has 0 nitrogen and oxygen atoms in total. The number of hydrogen-bond donors (Lipinski definition) is 0. The second-order valence-corrected chi connectivity index (χ2v) is 11.7. The van der Waals surface area contributed by atoms with Gasteiger partial charge in [0.05, 0.1) is 8.07 Å². The van der Waals surface area contributed by atoms with Crippen molar-refractivity contribution in [2.75, 3.05) is 0 Å². The van der Waals surface area contributed by atoms with E-state index in [1.165, 1.54) is 18.2 Å². The lowest BCUT2D eigenvalue weighted by molar-refractivity contribution is -0.439. The fraction of sp³-hybridized carbons (Fsp3) is 0.647. The van der Waals surface area contributed by atoms with E-state index in [1.807, 2.05) is 0 Å². The van der Waals surface area contributed by atoms with E-state index >= 15 is 0 Å². The summed E-state index contributed by atoms with van der Waals surface area (Å²) in [5.41, 5.74) is 0. The Morgan fingerprint density at radius 3 is 1.13 bits per heavy atom. The second kappa shape index (κ2) is 9.18. The van der Waals surface area contributed by atoms with Gasteiger partial charge in [-0.05, 0) is 18.1 Å². The van der Waals surface area contributed by atoms with E-state index in [0.717, 1.165) is 0 Å². The summed E-state index contributed by atoms with van der Waals surface area (Å²) >= 11 is 0. The van der Waals surface area contributed by atoms with Crippen LogP contribution < -0.4 is 0 Å². The molecule has 0 unspecified atom stereocenters. The van der Waals surface area contributed by atoms with Crippen LogP contribution in [0.4, 0.5) is 57.1 Å². The van der Waals surface area contributed by atoms with Crippen LogP contribution in [-0.2, 0) is 0 Å². The largest absolute Gasteiger partial charge is 0.460 e. The molecule has 0 spiro atoms. The first-order chi connectivity index (χ1) is 13.6. The van der Waals surface area contributed by atoms with Gasteiger partial charge < -0.3 is 0 Å². The smallest absolute Gasteiger partial charge is 0.200 e. The first-order valence-corrected chi connectivity index (χ1v) is 11.3. The molecule has 0 fully saturated rings. The molecule has 31 heavy (non-hydrogen) atoms. The quantitative estimate of drug-likeness (QED) is 0.137. The number of halogens is 13. The van der Waals surface area contributed by atoms with Crippen LogP contribution in [0.3, 0.4) is 0 Å². The zero-order chi connectivity index (χ0) is 25.2. The topological polar surface area (TPSA) is 0 Å². The van der Waals surface area contributed by atoms with E-state index in [1.54, 1.807) is 0 Å². The van der Waals surface area contributed by atoms with Crippen LogP contribution in [0.1, 0.15) is 6.42 Å². The van der Waals surface area contributed by atoms with E-state index in [4.69, 9.17) is 0 Å². The molecule has 0 heterocycles. The molecular formula is C17H19F13Si. The molecule has 0 aromatic rings. The molecule has 0 aliphatic carbocycles. The highest BCUT2D eigenvalue weighted by molar-refractivity contribution is 6.81. The third-order valence-corrected chi connectivity index (χ3v) is 9.47. The lowest BCUT2D eigenvalue weighted by Gasteiger charge is -2.40. The van der Waals surface area contributed by atoms with Crippen LogP contribution in [0.5, 0.6) is 0 Å². The van der Waals surface area contributed by atoms with Gasteiger partial charge in [0.25, 0.3) is 0 Å². The zero-order valence-electron chi connectivity index (χ0n) is 15.8. The predicted octanol–water partition coefficient (Wildman–Crippen LogP) is 8.12. The van der Waals surface area contributed by atoms with Gasteiger partial charge in [0.15, 0.2) is 0 Å². The first kappa shape index (κ1) is 29.5. The van der Waals surface area contributed by atoms with Crippen molar-refractivity contribution in [3.8, 4) is 0 Å². The van der Waals surface area contributed by atoms with E-state index < -0.39 is 56.3 Å². The Morgan fingerprint density at radius 2 is 0.839 bits per heavy atom. The highest BCUT2D eigenvalue weighted by Gasteiger charge is 2.90. The number of allylic oxidation sites excluding steroid dienone is 3. The minimum atomic E-state index is -7.87. The average Bonchev–Trinajstić information content (AvgIpc) is 2.59. The Kier molecular flexibility index (Phi) is 8.74. The third kappa shape index (κ3) is 5.13. The summed E-state index contributed by atoms with van der Waals surface area (Å²) in [4.78, 5) is 0. The molecular weight excluding hydrogens is 479 g/mol. The molecule has 14 heteroatoms. The normalized spacial score (nSPS) is 15.0. The summed E-state index contributed by atoms with van der Waals surface area (Å²) in [7, 11) is -3.08. The number of hydrogen-bond acceptors (Lipinski definition) is 0. The van der Waals surface area contributed by atoms with Crippen molar-refractivity contribution in [2.45, 2.75) is 66.4 Å². The van der Waals surface area contributed by atoms with Gasteiger partial charge >= 0.3 is 35.8 Å². The summed E-state index contributed by atoms with van der Waals surface area (Å²) in [5, 5.41) is 0. The summed E-state index contributed by atoms with van der Waals surface area (Å²) in [6.07, 6.45) is -5.91. The van der Waals surface area contributed by atoms with Crippen LogP contribution >= 0.6 is 0 Å². The molecule has 0 N–H and O–H groups in total. The van der Waals surface area contributed by atoms with E-state index in [9.17, 15) is 57.1 Å². The lowest BCUT2D eigenvalue weighted by atomic mass is 9.93. The fourth-order valence-electron chi connectivity index (χ4n) is 2.86. The molecule has 0 aliphatic heterocycles. The van der Waals surface area contributed by atoms with Gasteiger partial charge in [0, 0.05) is 6.42 Å². The van der Waals surface area contributed by atoms with E-state index in [-0.39, 0.29) is 18.1 Å². The Labute approximate surface area is 170 Å². The van der Waals surface area contributed by atoms with Crippen molar-refractivity contribution in [3.63, 3.8) is 0 Å². The van der Waals surface area contributed by atoms with Crippen LogP contribution in [0.15, 0.2) is 38.0 Å². The summed E-state index contributed by atoms with van der Waals surface area (Å²) in [5.74, 6) is -36.6. The number of rotatable bonds is 13. The Balaban J connectivity index is 6.19. The van der Waals surface area contributed by atoms with Crippen LogP contribution in [0.25, 0.3) is 0 Å². The van der Waals surface area contributed by atoms with Gasteiger partial charge in [-0.1, -0.05) is 24.3 Å². The van der Waals surface area contributed by atoms with Gasteiger partial charge in [-0.3, -0.25) is 0 Å². The Bertz CT molecular complexity index is 622. The van der Waals surface area contributed by atoms with Crippen molar-refractivity contribution < 1.29 is 57.1 Å². The summed E-state index contributed by atoms with van der Waals surface area (Å²) in [6, 6.07) is -0.973. The Hall–Kier alpha value is -1.47. The van der Waals surface area contributed by atoms with Gasteiger partial charge in [0.1, 0.15) is 0 Å². The monoisotopic (exact) mass is 498 g/mol.